The highest BCUT2D eigenvalue weighted by Crippen LogP contribution is 2.16. The molecule has 5 rings (SSSR count). The Balaban J connectivity index is 1.20. The summed E-state index contributed by atoms with van der Waals surface area (Å²) >= 11 is 0. The zero-order valence-corrected chi connectivity index (χ0v) is 29.2. The molecule has 0 bridgehead atoms. The van der Waals surface area contributed by atoms with Gasteiger partial charge in [-0.1, -0.05) is 97.1 Å². The van der Waals surface area contributed by atoms with E-state index in [0.29, 0.717) is 11.4 Å². The molecule has 0 saturated carbocycles. The molecular weight excluding hydrogens is 660 g/mol. The van der Waals surface area contributed by atoms with Crippen molar-refractivity contribution in [3.63, 3.8) is 0 Å². The van der Waals surface area contributed by atoms with Crippen molar-refractivity contribution < 1.29 is 28.8 Å². The van der Waals surface area contributed by atoms with Gasteiger partial charge in [0.2, 0.25) is 35.4 Å². The standard InChI is InChI=1S/C40H42N6O6/c1-43(31-19-11-5-12-20-31)39(51)33(23-29-15-7-3-8-16-29)41-35(47)25-45-27-38(50)46(28-37(45)49)26-36(48)42-34(24-30-17-9-4-10-18-30)40(52)44(2)32-21-13-6-14-22-32/h3-22,33-34H,23-28H2,1-2H3,(H,41,47)(H,42,48)/t33-,34-/m0/s1. The molecule has 0 radical (unpaired) electrons. The van der Waals surface area contributed by atoms with Crippen molar-refractivity contribution in [1.29, 1.82) is 0 Å². The minimum atomic E-state index is -0.941. The third-order valence-corrected chi connectivity index (χ3v) is 8.81. The van der Waals surface area contributed by atoms with Crippen LogP contribution in [0.4, 0.5) is 11.4 Å². The summed E-state index contributed by atoms with van der Waals surface area (Å²) < 4.78 is 0. The van der Waals surface area contributed by atoms with Gasteiger partial charge in [-0.3, -0.25) is 28.8 Å². The SMILES string of the molecule is CN(C(=O)[C@H](Cc1ccccc1)NC(=O)CN1CC(=O)N(CC(=O)N[C@@H](Cc2ccccc2)C(=O)N(C)c2ccccc2)CC1=O)c1ccccc1. The first-order valence-electron chi connectivity index (χ1n) is 17.0. The third-order valence-electron chi connectivity index (χ3n) is 8.81. The van der Waals surface area contributed by atoms with Crippen LogP contribution in [0.5, 0.6) is 0 Å². The van der Waals surface area contributed by atoms with Crippen molar-refractivity contribution >= 4 is 46.8 Å². The van der Waals surface area contributed by atoms with Crippen LogP contribution in [0, 0.1) is 0 Å². The average molecular weight is 703 g/mol. The van der Waals surface area contributed by atoms with Crippen molar-refractivity contribution in [2.24, 2.45) is 0 Å². The molecular formula is C40H42N6O6. The van der Waals surface area contributed by atoms with E-state index in [-0.39, 0.29) is 24.7 Å². The number of benzene rings is 4. The summed E-state index contributed by atoms with van der Waals surface area (Å²) in [7, 11) is 3.25. The quantitative estimate of drug-likeness (QED) is 0.207. The highest BCUT2D eigenvalue weighted by molar-refractivity contribution is 6.02. The van der Waals surface area contributed by atoms with Crippen LogP contribution in [0.2, 0.25) is 0 Å². The Morgan fingerprint density at radius 1 is 0.538 bits per heavy atom. The average Bonchev–Trinajstić information content (AvgIpc) is 3.16. The number of amides is 6. The van der Waals surface area contributed by atoms with Crippen LogP contribution in [-0.4, -0.2) is 97.6 Å². The first kappa shape index (κ1) is 37.0. The minimum Gasteiger partial charge on any atom is -0.342 e. The predicted octanol–water partition coefficient (Wildman–Crippen LogP) is 2.44. The van der Waals surface area contributed by atoms with Crippen LogP contribution in [0.25, 0.3) is 0 Å². The molecule has 268 valence electrons. The van der Waals surface area contributed by atoms with Gasteiger partial charge >= 0.3 is 0 Å². The third kappa shape index (κ3) is 9.90. The molecule has 1 aliphatic rings. The number of hydrogen-bond acceptors (Lipinski definition) is 6. The lowest BCUT2D eigenvalue weighted by atomic mass is 10.0. The van der Waals surface area contributed by atoms with Gasteiger partial charge in [-0.2, -0.15) is 0 Å². The number of hydrogen-bond donors (Lipinski definition) is 2. The predicted molar refractivity (Wildman–Crippen MR) is 197 cm³/mol. The van der Waals surface area contributed by atoms with Crippen molar-refractivity contribution in [3.05, 3.63) is 132 Å². The van der Waals surface area contributed by atoms with E-state index in [9.17, 15) is 28.8 Å². The molecule has 0 spiro atoms. The van der Waals surface area contributed by atoms with E-state index in [2.05, 4.69) is 10.6 Å². The number of rotatable bonds is 14. The summed E-state index contributed by atoms with van der Waals surface area (Å²) in [5.74, 6) is -2.96. The van der Waals surface area contributed by atoms with Crippen LogP contribution in [-0.2, 0) is 41.6 Å². The van der Waals surface area contributed by atoms with E-state index in [4.69, 9.17) is 0 Å². The summed E-state index contributed by atoms with van der Waals surface area (Å²) in [6, 6.07) is 34.7. The van der Waals surface area contributed by atoms with Gasteiger partial charge in [-0.15, -0.1) is 0 Å². The van der Waals surface area contributed by atoms with Gasteiger partial charge in [-0.25, -0.2) is 0 Å². The zero-order chi connectivity index (χ0) is 37.0. The van der Waals surface area contributed by atoms with Gasteiger partial charge in [0.1, 0.15) is 38.3 Å². The number of carbonyl (C=O) groups is 6. The summed E-state index contributed by atoms with van der Waals surface area (Å²) in [4.78, 5) is 85.2. The normalized spacial score (nSPS) is 13.9. The Bertz CT molecular complexity index is 1720. The summed E-state index contributed by atoms with van der Waals surface area (Å²) in [5.41, 5.74) is 2.97. The first-order valence-corrected chi connectivity index (χ1v) is 17.0. The highest BCUT2D eigenvalue weighted by Gasteiger charge is 2.34. The lowest BCUT2D eigenvalue weighted by Crippen LogP contribution is -2.59. The van der Waals surface area contributed by atoms with Crippen LogP contribution < -0.4 is 20.4 Å². The summed E-state index contributed by atoms with van der Waals surface area (Å²) in [6.45, 7) is -1.75. The molecule has 1 fully saturated rings. The second-order valence-corrected chi connectivity index (χ2v) is 12.6. The van der Waals surface area contributed by atoms with Gasteiger partial charge in [0.25, 0.3) is 0 Å². The van der Waals surface area contributed by atoms with E-state index < -0.39 is 61.9 Å². The second kappa shape index (κ2) is 17.6. The first-order chi connectivity index (χ1) is 25.1. The number of nitrogens with one attached hydrogen (secondary N) is 2. The fraction of sp³-hybridized carbons (Fsp3) is 0.250. The van der Waals surface area contributed by atoms with E-state index in [1.165, 1.54) is 9.80 Å². The molecule has 12 nitrogen and oxygen atoms in total. The monoisotopic (exact) mass is 702 g/mol. The van der Waals surface area contributed by atoms with Gasteiger partial charge in [0, 0.05) is 38.3 Å². The largest absolute Gasteiger partial charge is 0.342 e. The smallest absolute Gasteiger partial charge is 0.249 e. The second-order valence-electron chi connectivity index (χ2n) is 12.6. The van der Waals surface area contributed by atoms with Gasteiger partial charge < -0.3 is 30.2 Å². The Kier molecular flexibility index (Phi) is 12.5. The number of anilines is 2. The number of likely N-dealkylation sites (N-methyl/N-ethyl adjacent to an activating group) is 2. The molecule has 0 aliphatic carbocycles. The molecule has 4 aromatic carbocycles. The van der Waals surface area contributed by atoms with Crippen molar-refractivity contribution in [2.75, 3.05) is 50.1 Å². The molecule has 2 atom stereocenters. The number of carbonyl (C=O) groups excluding carboxylic acids is 6. The molecule has 0 aromatic heterocycles. The van der Waals surface area contributed by atoms with E-state index in [1.54, 1.807) is 38.4 Å². The minimum absolute atomic E-state index is 0.216. The molecule has 1 saturated heterocycles. The molecule has 4 aromatic rings. The van der Waals surface area contributed by atoms with Gasteiger partial charge in [0.05, 0.1) is 0 Å². The molecule has 1 aliphatic heterocycles. The fourth-order valence-electron chi connectivity index (χ4n) is 5.94. The van der Waals surface area contributed by atoms with E-state index in [0.717, 1.165) is 20.9 Å². The van der Waals surface area contributed by atoms with Crippen LogP contribution in [0.1, 0.15) is 11.1 Å². The lowest BCUT2D eigenvalue weighted by Gasteiger charge is -2.34. The molecule has 12 heteroatoms. The topological polar surface area (TPSA) is 139 Å². The maximum atomic E-state index is 13.6. The number of piperazine rings is 1. The highest BCUT2D eigenvalue weighted by atomic mass is 16.2. The van der Waals surface area contributed by atoms with Crippen LogP contribution >= 0.6 is 0 Å². The summed E-state index contributed by atoms with van der Waals surface area (Å²) in [5, 5.41) is 5.53. The number of para-hydroxylation sites is 2. The zero-order valence-electron chi connectivity index (χ0n) is 29.2. The maximum Gasteiger partial charge on any atom is 0.249 e. The van der Waals surface area contributed by atoms with Crippen molar-refractivity contribution in [3.8, 4) is 0 Å². The van der Waals surface area contributed by atoms with Gasteiger partial charge in [-0.05, 0) is 35.4 Å². The fourth-order valence-corrected chi connectivity index (χ4v) is 5.94. The molecule has 0 unspecified atom stereocenters. The molecule has 6 amide bonds. The molecule has 1 heterocycles. The Morgan fingerprint density at radius 3 is 1.17 bits per heavy atom. The Morgan fingerprint density at radius 2 is 0.846 bits per heavy atom. The molecule has 2 N–H and O–H groups in total. The Labute approximate surface area is 303 Å². The number of nitrogens with zero attached hydrogens (tertiary/aromatic N) is 4. The van der Waals surface area contributed by atoms with E-state index >= 15 is 0 Å². The summed E-state index contributed by atoms with van der Waals surface area (Å²) in [6.07, 6.45) is 0.431. The molecule has 52 heavy (non-hydrogen) atoms. The van der Waals surface area contributed by atoms with Crippen LogP contribution in [0.3, 0.4) is 0 Å². The van der Waals surface area contributed by atoms with Crippen LogP contribution in [0.15, 0.2) is 121 Å². The van der Waals surface area contributed by atoms with Crippen molar-refractivity contribution in [2.45, 2.75) is 24.9 Å². The van der Waals surface area contributed by atoms with Crippen molar-refractivity contribution in [1.82, 2.24) is 20.4 Å². The maximum absolute atomic E-state index is 13.6. The van der Waals surface area contributed by atoms with Gasteiger partial charge in [0.15, 0.2) is 0 Å². The van der Waals surface area contributed by atoms with E-state index in [1.807, 2.05) is 97.1 Å². The Hall–Kier alpha value is -6.30. The lowest BCUT2D eigenvalue weighted by molar-refractivity contribution is -0.153.